The molecule has 184 valence electrons. The molecule has 1 N–H and O–H groups in total. The molecule has 6 nitrogen and oxygen atoms in total. The van der Waals surface area contributed by atoms with Crippen LogP contribution in [0.4, 0.5) is 5.82 Å². The Balaban J connectivity index is 1.42. The zero-order valence-corrected chi connectivity index (χ0v) is 21.1. The molecule has 0 atom stereocenters. The van der Waals surface area contributed by atoms with Gasteiger partial charge in [-0.25, -0.2) is 4.98 Å². The van der Waals surface area contributed by atoms with E-state index in [4.69, 9.17) is 14.2 Å². The van der Waals surface area contributed by atoms with E-state index < -0.39 is 0 Å². The van der Waals surface area contributed by atoms with Gasteiger partial charge in [0.1, 0.15) is 23.0 Å². The molecule has 1 saturated carbocycles. The Kier molecular flexibility index (Phi) is 7.07. The molecule has 1 aliphatic carbocycles. The molecule has 3 aromatic heterocycles. The van der Waals surface area contributed by atoms with Crippen LogP contribution < -0.4 is 10.1 Å². The van der Waals surface area contributed by atoms with Crippen molar-refractivity contribution in [2.45, 2.75) is 78.2 Å². The molecule has 0 amide bonds. The average Bonchev–Trinajstić information content (AvgIpc) is 3.40. The predicted octanol–water partition coefficient (Wildman–Crippen LogP) is 6.92. The van der Waals surface area contributed by atoms with Crippen molar-refractivity contribution in [1.82, 2.24) is 14.5 Å². The van der Waals surface area contributed by atoms with Crippen molar-refractivity contribution in [2.24, 2.45) is 0 Å². The Hall–Kier alpha value is -3.28. The van der Waals surface area contributed by atoms with Gasteiger partial charge in [-0.3, -0.25) is 4.40 Å². The van der Waals surface area contributed by atoms with Gasteiger partial charge in [0.15, 0.2) is 0 Å². The van der Waals surface area contributed by atoms with Crippen molar-refractivity contribution in [2.75, 3.05) is 11.9 Å². The Morgan fingerprint density at radius 3 is 2.57 bits per heavy atom. The Labute approximate surface area is 207 Å². The Bertz CT molecular complexity index is 1250. The lowest BCUT2D eigenvalue weighted by Gasteiger charge is -2.24. The van der Waals surface area contributed by atoms with E-state index >= 15 is 0 Å². The fourth-order valence-corrected chi connectivity index (χ4v) is 5.15. The first kappa shape index (κ1) is 23.5. The van der Waals surface area contributed by atoms with E-state index in [2.05, 4.69) is 64.4 Å². The third kappa shape index (κ3) is 5.21. The molecule has 1 aliphatic rings. The summed E-state index contributed by atoms with van der Waals surface area (Å²) in [6.45, 7) is 6.83. The van der Waals surface area contributed by atoms with Crippen LogP contribution in [0, 0.1) is 13.8 Å². The molecule has 3 heterocycles. The summed E-state index contributed by atoms with van der Waals surface area (Å²) in [7, 11) is 0. The van der Waals surface area contributed by atoms with Crippen LogP contribution in [-0.2, 0) is 12.8 Å². The Morgan fingerprint density at radius 2 is 1.86 bits per heavy atom. The summed E-state index contributed by atoms with van der Waals surface area (Å²) in [5.41, 5.74) is 6.44. The third-order valence-electron chi connectivity index (χ3n) is 7.01. The highest BCUT2D eigenvalue weighted by molar-refractivity contribution is 5.72. The summed E-state index contributed by atoms with van der Waals surface area (Å²) < 4.78 is 13.4. The highest BCUT2D eigenvalue weighted by atomic mass is 16.5. The topological polar surface area (TPSA) is 64.6 Å². The fourth-order valence-electron chi connectivity index (χ4n) is 5.15. The number of ether oxygens (including phenoxy) is 1. The van der Waals surface area contributed by atoms with Crippen LogP contribution in [0.15, 0.2) is 47.1 Å². The van der Waals surface area contributed by atoms with Crippen LogP contribution in [0.2, 0.25) is 0 Å². The molecule has 0 bridgehead atoms. The van der Waals surface area contributed by atoms with Crippen LogP contribution in [0.25, 0.3) is 16.8 Å². The molecule has 1 fully saturated rings. The number of hydrogen-bond acceptors (Lipinski definition) is 5. The van der Waals surface area contributed by atoms with E-state index in [1.165, 1.54) is 37.7 Å². The van der Waals surface area contributed by atoms with Crippen molar-refractivity contribution in [1.29, 1.82) is 0 Å². The van der Waals surface area contributed by atoms with Gasteiger partial charge in [0.05, 0.1) is 18.0 Å². The number of nitrogens with zero attached hydrogens (tertiary/aromatic N) is 3. The SMILES string of the molecule is CCCOc1ccc(CCc2nc3cc(-c4c(C)noc4C)ccn3c2NC2CCCCC2)cc1. The summed E-state index contributed by atoms with van der Waals surface area (Å²) in [5, 5.41) is 8.00. The third-order valence-corrected chi connectivity index (χ3v) is 7.01. The molecule has 6 heteroatoms. The van der Waals surface area contributed by atoms with Crippen LogP contribution in [-0.4, -0.2) is 27.2 Å². The summed E-state index contributed by atoms with van der Waals surface area (Å²) in [6, 6.07) is 13.3. The molecule has 35 heavy (non-hydrogen) atoms. The number of nitrogens with one attached hydrogen (secondary N) is 1. The van der Waals surface area contributed by atoms with Crippen molar-refractivity contribution in [3.05, 3.63) is 65.3 Å². The van der Waals surface area contributed by atoms with Gasteiger partial charge in [-0.05, 0) is 81.3 Å². The zero-order valence-electron chi connectivity index (χ0n) is 21.1. The summed E-state index contributed by atoms with van der Waals surface area (Å²) in [4.78, 5) is 5.11. The number of rotatable bonds is 9. The van der Waals surface area contributed by atoms with Crippen LogP contribution in [0.3, 0.4) is 0 Å². The minimum Gasteiger partial charge on any atom is -0.494 e. The zero-order chi connectivity index (χ0) is 24.2. The minimum atomic E-state index is 0.514. The maximum absolute atomic E-state index is 5.74. The van der Waals surface area contributed by atoms with E-state index in [0.29, 0.717) is 6.04 Å². The molecule has 0 spiro atoms. The first-order valence-corrected chi connectivity index (χ1v) is 13.0. The second-order valence-corrected chi connectivity index (χ2v) is 9.72. The maximum atomic E-state index is 5.74. The number of aryl methyl sites for hydroxylation is 4. The number of benzene rings is 1. The first-order valence-electron chi connectivity index (χ1n) is 13.0. The van der Waals surface area contributed by atoms with E-state index in [9.17, 15) is 0 Å². The van der Waals surface area contributed by atoms with E-state index in [1.807, 2.05) is 13.8 Å². The summed E-state index contributed by atoms with van der Waals surface area (Å²) in [5.74, 6) is 2.92. The summed E-state index contributed by atoms with van der Waals surface area (Å²) in [6.07, 6.45) is 11.4. The number of imidazole rings is 1. The first-order chi connectivity index (χ1) is 17.1. The second-order valence-electron chi connectivity index (χ2n) is 9.72. The van der Waals surface area contributed by atoms with E-state index in [0.717, 1.165) is 71.4 Å². The Morgan fingerprint density at radius 1 is 1.06 bits per heavy atom. The highest BCUT2D eigenvalue weighted by Crippen LogP contribution is 2.31. The van der Waals surface area contributed by atoms with E-state index in [1.54, 1.807) is 0 Å². The van der Waals surface area contributed by atoms with Gasteiger partial charge in [-0.2, -0.15) is 0 Å². The molecular formula is C29H36N4O2. The van der Waals surface area contributed by atoms with Crippen molar-refractivity contribution in [3.8, 4) is 16.9 Å². The number of anilines is 1. The van der Waals surface area contributed by atoms with Gasteiger partial charge in [-0.15, -0.1) is 0 Å². The van der Waals surface area contributed by atoms with Crippen molar-refractivity contribution >= 4 is 11.5 Å². The number of hydrogen-bond donors (Lipinski definition) is 1. The average molecular weight is 473 g/mol. The van der Waals surface area contributed by atoms with E-state index in [-0.39, 0.29) is 0 Å². The summed E-state index contributed by atoms with van der Waals surface area (Å²) >= 11 is 0. The van der Waals surface area contributed by atoms with Crippen molar-refractivity contribution < 1.29 is 9.26 Å². The van der Waals surface area contributed by atoms with Gasteiger partial charge >= 0.3 is 0 Å². The maximum Gasteiger partial charge on any atom is 0.141 e. The standard InChI is InChI=1S/C29H36N4O2/c1-4-18-34-25-13-10-22(11-14-25)12-15-26-29(30-24-8-6-5-7-9-24)33-17-16-23(19-27(33)31-26)28-20(2)32-35-21(28)3/h10-11,13-14,16-17,19,24,30H,4-9,12,15,18H2,1-3H3. The van der Waals surface area contributed by atoms with Crippen LogP contribution >= 0.6 is 0 Å². The number of aromatic nitrogens is 3. The normalized spacial score (nSPS) is 14.5. The van der Waals surface area contributed by atoms with Gasteiger partial charge in [-0.1, -0.05) is 43.5 Å². The van der Waals surface area contributed by atoms with Gasteiger partial charge in [0.2, 0.25) is 0 Å². The smallest absolute Gasteiger partial charge is 0.141 e. The number of fused-ring (bicyclic) bond motifs is 1. The lowest BCUT2D eigenvalue weighted by molar-refractivity contribution is 0.317. The van der Waals surface area contributed by atoms with Crippen LogP contribution in [0.5, 0.6) is 5.75 Å². The molecule has 0 radical (unpaired) electrons. The van der Waals surface area contributed by atoms with Gasteiger partial charge in [0.25, 0.3) is 0 Å². The molecule has 0 aliphatic heterocycles. The highest BCUT2D eigenvalue weighted by Gasteiger charge is 2.20. The molecule has 0 unspecified atom stereocenters. The number of pyridine rings is 1. The van der Waals surface area contributed by atoms with Crippen LogP contribution in [0.1, 0.15) is 68.2 Å². The lowest BCUT2D eigenvalue weighted by Crippen LogP contribution is -2.23. The van der Waals surface area contributed by atoms with Crippen molar-refractivity contribution in [3.63, 3.8) is 0 Å². The molecular weight excluding hydrogens is 436 g/mol. The fraction of sp³-hybridized carbons (Fsp3) is 0.448. The predicted molar refractivity (Wildman–Crippen MR) is 140 cm³/mol. The molecule has 1 aromatic carbocycles. The molecule has 0 saturated heterocycles. The lowest BCUT2D eigenvalue weighted by atomic mass is 9.95. The van der Waals surface area contributed by atoms with Gasteiger partial charge < -0.3 is 14.6 Å². The second kappa shape index (κ2) is 10.5. The molecule has 5 rings (SSSR count). The quantitative estimate of drug-likeness (QED) is 0.286. The van der Waals surface area contributed by atoms with Gasteiger partial charge in [0, 0.05) is 17.8 Å². The largest absolute Gasteiger partial charge is 0.494 e. The minimum absolute atomic E-state index is 0.514. The molecule has 4 aromatic rings. The monoisotopic (exact) mass is 472 g/mol.